The van der Waals surface area contributed by atoms with E-state index in [0.717, 1.165) is 57.8 Å². The Morgan fingerprint density at radius 3 is 1.11 bits per heavy atom. The van der Waals surface area contributed by atoms with Crippen molar-refractivity contribution >= 4 is 11.9 Å². The van der Waals surface area contributed by atoms with E-state index in [2.05, 4.69) is 43.5 Å². The van der Waals surface area contributed by atoms with Crippen LogP contribution >= 0.6 is 0 Å². The van der Waals surface area contributed by atoms with Crippen LogP contribution in [0.2, 0.25) is 0 Å². The molecule has 0 rings (SSSR count). The monoisotopic (exact) mass is 986 g/mol. The normalized spacial score (nSPS) is 12.7. The van der Waals surface area contributed by atoms with Gasteiger partial charge in [-0.25, -0.2) is 0 Å². The minimum absolute atomic E-state index is 0.00217. The van der Waals surface area contributed by atoms with Crippen molar-refractivity contribution in [3.8, 4) is 0 Å². The molecule has 0 saturated heterocycles. The standard InChI is InChI=1S/C64H123NO5/c1-3-5-7-9-11-13-15-17-19-21-23-25-28-32-36-40-44-48-52-56-62(67)61(60-66)65-63(68)57-53-49-45-41-37-33-29-27-31-35-39-43-47-51-55-59-70-64(69)58-54-50-46-42-38-34-30-26-24-22-20-18-16-14-12-10-8-6-4-2/h12,14,18,20,61-62,66-67H,3-11,13,15-17,19,21-60H2,1-2H3,(H,65,68)/b14-12-,20-18-. The number of allylic oxidation sites excluding steroid dienone is 4. The first-order valence-electron chi connectivity index (χ1n) is 31.6. The van der Waals surface area contributed by atoms with Gasteiger partial charge in [0.25, 0.3) is 0 Å². The van der Waals surface area contributed by atoms with Crippen LogP contribution in [0.25, 0.3) is 0 Å². The van der Waals surface area contributed by atoms with Crippen LogP contribution in [0.15, 0.2) is 24.3 Å². The van der Waals surface area contributed by atoms with Gasteiger partial charge in [-0.05, 0) is 57.8 Å². The lowest BCUT2D eigenvalue weighted by Crippen LogP contribution is -2.45. The molecular weight excluding hydrogens is 863 g/mol. The van der Waals surface area contributed by atoms with Crippen molar-refractivity contribution in [2.75, 3.05) is 13.2 Å². The van der Waals surface area contributed by atoms with Gasteiger partial charge in [-0.15, -0.1) is 0 Å². The first-order chi connectivity index (χ1) is 34.5. The number of carbonyl (C=O) groups excluding carboxylic acids is 2. The van der Waals surface area contributed by atoms with E-state index in [1.165, 1.54) is 257 Å². The molecule has 2 unspecified atom stereocenters. The lowest BCUT2D eigenvalue weighted by atomic mass is 10.0. The molecule has 0 aromatic heterocycles. The molecule has 414 valence electrons. The highest BCUT2D eigenvalue weighted by Gasteiger charge is 2.20. The topological polar surface area (TPSA) is 95.9 Å². The number of nitrogens with one attached hydrogen (secondary N) is 1. The first-order valence-corrected chi connectivity index (χ1v) is 31.6. The summed E-state index contributed by atoms with van der Waals surface area (Å²) in [5.74, 6) is -0.0426. The van der Waals surface area contributed by atoms with E-state index in [4.69, 9.17) is 4.74 Å². The molecule has 3 N–H and O–H groups in total. The lowest BCUT2D eigenvalue weighted by molar-refractivity contribution is -0.143. The summed E-state index contributed by atoms with van der Waals surface area (Å²) in [5.41, 5.74) is 0. The van der Waals surface area contributed by atoms with Crippen molar-refractivity contribution in [2.24, 2.45) is 0 Å². The molecule has 1 amide bonds. The Morgan fingerprint density at radius 1 is 0.400 bits per heavy atom. The predicted octanol–water partition coefficient (Wildman–Crippen LogP) is 19.8. The minimum Gasteiger partial charge on any atom is -0.466 e. The molecule has 0 fully saturated rings. The van der Waals surface area contributed by atoms with Gasteiger partial charge in [-0.2, -0.15) is 0 Å². The van der Waals surface area contributed by atoms with Gasteiger partial charge in [0.2, 0.25) is 5.91 Å². The largest absolute Gasteiger partial charge is 0.466 e. The van der Waals surface area contributed by atoms with E-state index in [1.807, 2.05) is 0 Å². The fourth-order valence-electron chi connectivity index (χ4n) is 9.91. The Kier molecular flexibility index (Phi) is 58.5. The van der Waals surface area contributed by atoms with E-state index in [-0.39, 0.29) is 18.5 Å². The summed E-state index contributed by atoms with van der Waals surface area (Å²) in [6.45, 7) is 4.94. The van der Waals surface area contributed by atoms with Gasteiger partial charge in [-0.3, -0.25) is 9.59 Å². The molecule has 70 heavy (non-hydrogen) atoms. The van der Waals surface area contributed by atoms with Crippen molar-refractivity contribution < 1.29 is 24.5 Å². The lowest BCUT2D eigenvalue weighted by Gasteiger charge is -2.22. The molecule has 0 bridgehead atoms. The van der Waals surface area contributed by atoms with Crippen LogP contribution in [0, 0.1) is 0 Å². The molecule has 6 heteroatoms. The maximum Gasteiger partial charge on any atom is 0.305 e. The van der Waals surface area contributed by atoms with Crippen LogP contribution in [-0.2, 0) is 14.3 Å². The SMILES string of the molecule is CCCCC/C=C\C/C=C\CCCCCCCCCCCC(=O)OCCCCCCCCCCCCCCCCCC(=O)NC(CO)C(O)CCCCCCCCCCCCCCCCCCCCC. The van der Waals surface area contributed by atoms with Gasteiger partial charge in [-0.1, -0.05) is 301 Å². The molecule has 0 radical (unpaired) electrons. The highest BCUT2D eigenvalue weighted by Crippen LogP contribution is 2.18. The van der Waals surface area contributed by atoms with Gasteiger partial charge in [0.15, 0.2) is 0 Å². The average Bonchev–Trinajstić information content (AvgIpc) is 3.36. The van der Waals surface area contributed by atoms with Crippen LogP contribution in [-0.4, -0.2) is 47.4 Å². The second-order valence-corrected chi connectivity index (χ2v) is 21.7. The summed E-state index contributed by atoms with van der Waals surface area (Å²) in [5, 5.41) is 23.4. The summed E-state index contributed by atoms with van der Waals surface area (Å²) in [7, 11) is 0. The number of esters is 1. The van der Waals surface area contributed by atoms with Crippen LogP contribution in [0.3, 0.4) is 0 Å². The molecule has 6 nitrogen and oxygen atoms in total. The van der Waals surface area contributed by atoms with Gasteiger partial charge in [0.05, 0.1) is 25.4 Å². The number of hydrogen-bond donors (Lipinski definition) is 3. The van der Waals surface area contributed by atoms with Crippen LogP contribution in [0.1, 0.15) is 348 Å². The maximum atomic E-state index is 12.5. The van der Waals surface area contributed by atoms with E-state index in [1.54, 1.807) is 0 Å². The maximum absolute atomic E-state index is 12.5. The molecular formula is C64H123NO5. The number of aliphatic hydroxyl groups excluding tert-OH is 2. The number of carbonyl (C=O) groups is 2. The number of hydrogen-bond acceptors (Lipinski definition) is 5. The molecule has 0 aromatic rings. The van der Waals surface area contributed by atoms with Gasteiger partial charge >= 0.3 is 5.97 Å². The third-order valence-electron chi connectivity index (χ3n) is 14.8. The zero-order valence-electron chi connectivity index (χ0n) is 47.3. The highest BCUT2D eigenvalue weighted by molar-refractivity contribution is 5.76. The third-order valence-corrected chi connectivity index (χ3v) is 14.8. The second-order valence-electron chi connectivity index (χ2n) is 21.7. The van der Waals surface area contributed by atoms with E-state index >= 15 is 0 Å². The van der Waals surface area contributed by atoms with Gasteiger partial charge in [0, 0.05) is 12.8 Å². The molecule has 0 spiro atoms. The Bertz CT molecular complexity index is 1090. The number of rotatable bonds is 59. The molecule has 0 heterocycles. The molecule has 0 aliphatic carbocycles. The van der Waals surface area contributed by atoms with Crippen LogP contribution in [0.4, 0.5) is 0 Å². The van der Waals surface area contributed by atoms with E-state index < -0.39 is 12.1 Å². The summed E-state index contributed by atoms with van der Waals surface area (Å²) in [6, 6.07) is -0.549. The minimum atomic E-state index is -0.671. The van der Waals surface area contributed by atoms with Crippen LogP contribution < -0.4 is 5.32 Å². The van der Waals surface area contributed by atoms with Crippen molar-refractivity contribution in [3.05, 3.63) is 24.3 Å². The molecule has 0 saturated carbocycles. The van der Waals surface area contributed by atoms with Crippen molar-refractivity contribution in [3.63, 3.8) is 0 Å². The third kappa shape index (κ3) is 55.7. The second kappa shape index (κ2) is 59.9. The summed E-state index contributed by atoms with van der Waals surface area (Å²) in [6.07, 6.45) is 73.2. The molecule has 0 aliphatic rings. The predicted molar refractivity (Wildman–Crippen MR) is 306 cm³/mol. The Labute approximate surface area is 437 Å². The fraction of sp³-hybridized carbons (Fsp3) is 0.906. The van der Waals surface area contributed by atoms with E-state index in [0.29, 0.717) is 25.9 Å². The van der Waals surface area contributed by atoms with Crippen LogP contribution in [0.5, 0.6) is 0 Å². The average molecular weight is 987 g/mol. The smallest absolute Gasteiger partial charge is 0.305 e. The fourth-order valence-corrected chi connectivity index (χ4v) is 9.91. The van der Waals surface area contributed by atoms with Crippen molar-refractivity contribution in [1.29, 1.82) is 0 Å². The highest BCUT2D eigenvalue weighted by atomic mass is 16.5. The number of unbranched alkanes of at least 4 members (excludes halogenated alkanes) is 44. The Hall–Kier alpha value is -1.66. The van der Waals surface area contributed by atoms with Crippen molar-refractivity contribution in [2.45, 2.75) is 360 Å². The quantitative estimate of drug-likeness (QED) is 0.0321. The number of amides is 1. The Morgan fingerprint density at radius 2 is 0.714 bits per heavy atom. The summed E-state index contributed by atoms with van der Waals surface area (Å²) in [4.78, 5) is 24.6. The molecule has 2 atom stereocenters. The van der Waals surface area contributed by atoms with Crippen molar-refractivity contribution in [1.82, 2.24) is 5.32 Å². The molecule has 0 aromatic carbocycles. The van der Waals surface area contributed by atoms with Gasteiger partial charge < -0.3 is 20.3 Å². The Balaban J connectivity index is 3.42. The zero-order chi connectivity index (χ0) is 50.7. The zero-order valence-corrected chi connectivity index (χ0v) is 47.3. The summed E-state index contributed by atoms with van der Waals surface area (Å²) >= 11 is 0. The molecule has 0 aliphatic heterocycles. The van der Waals surface area contributed by atoms with E-state index in [9.17, 15) is 19.8 Å². The number of aliphatic hydroxyl groups is 2. The van der Waals surface area contributed by atoms with Gasteiger partial charge in [0.1, 0.15) is 0 Å². The number of ether oxygens (including phenoxy) is 1. The first kappa shape index (κ1) is 68.3. The summed E-state index contributed by atoms with van der Waals surface area (Å²) < 4.78 is 5.49.